The SMILES string of the molecule is C[n+]1ccc(-c2c(-c3ccc(Br)cc3)cc(-c3ccccc3)cc2-c2ccc(Br)cc2)cc1. The number of hydrogen-bond donors (Lipinski definition) is 0. The third kappa shape index (κ3) is 4.71. The van der Waals surface area contributed by atoms with E-state index in [-0.39, 0.29) is 0 Å². The minimum Gasteiger partial charge on any atom is -0.208 e. The largest absolute Gasteiger partial charge is 0.208 e. The van der Waals surface area contributed by atoms with E-state index in [2.05, 4.69) is 152 Å². The monoisotopic (exact) mass is 554 g/mol. The lowest BCUT2D eigenvalue weighted by Crippen LogP contribution is -2.25. The van der Waals surface area contributed by atoms with E-state index in [0.29, 0.717) is 0 Å². The molecule has 1 heterocycles. The third-order valence-electron chi connectivity index (χ3n) is 5.82. The maximum absolute atomic E-state index is 3.59. The first-order valence-corrected chi connectivity index (χ1v) is 12.4. The Morgan fingerprint density at radius 1 is 0.485 bits per heavy atom. The predicted molar refractivity (Wildman–Crippen MR) is 145 cm³/mol. The smallest absolute Gasteiger partial charge is 0.169 e. The molecular weight excluding hydrogens is 534 g/mol. The van der Waals surface area contributed by atoms with Crippen molar-refractivity contribution in [3.63, 3.8) is 0 Å². The Morgan fingerprint density at radius 2 is 0.970 bits per heavy atom. The second-order valence-electron chi connectivity index (χ2n) is 8.08. The molecule has 5 aromatic rings. The van der Waals surface area contributed by atoms with Gasteiger partial charge in [0.05, 0.1) is 0 Å². The molecule has 0 spiro atoms. The van der Waals surface area contributed by atoms with Crippen LogP contribution in [0.5, 0.6) is 0 Å². The molecule has 1 nitrogen and oxygen atoms in total. The Labute approximate surface area is 211 Å². The molecule has 160 valence electrons. The van der Waals surface area contributed by atoms with Gasteiger partial charge in [-0.25, -0.2) is 4.57 Å². The van der Waals surface area contributed by atoms with Crippen molar-refractivity contribution in [2.45, 2.75) is 0 Å². The fourth-order valence-corrected chi connectivity index (χ4v) is 4.66. The van der Waals surface area contributed by atoms with Crippen molar-refractivity contribution in [3.8, 4) is 44.5 Å². The van der Waals surface area contributed by atoms with Gasteiger partial charge in [0.2, 0.25) is 0 Å². The molecule has 0 saturated heterocycles. The molecule has 0 bridgehead atoms. The number of pyridine rings is 1. The van der Waals surface area contributed by atoms with Gasteiger partial charge in [-0.2, -0.15) is 0 Å². The van der Waals surface area contributed by atoms with Gasteiger partial charge in [0.1, 0.15) is 7.05 Å². The van der Waals surface area contributed by atoms with Crippen molar-refractivity contribution >= 4 is 31.9 Å². The molecule has 33 heavy (non-hydrogen) atoms. The summed E-state index contributed by atoms with van der Waals surface area (Å²) in [4.78, 5) is 0. The van der Waals surface area contributed by atoms with Crippen molar-refractivity contribution < 1.29 is 4.57 Å². The first-order valence-electron chi connectivity index (χ1n) is 10.8. The van der Waals surface area contributed by atoms with Crippen LogP contribution in [0.2, 0.25) is 0 Å². The summed E-state index contributed by atoms with van der Waals surface area (Å²) in [6, 6.07) is 36.8. The maximum Gasteiger partial charge on any atom is 0.169 e. The van der Waals surface area contributed by atoms with E-state index in [9.17, 15) is 0 Å². The zero-order chi connectivity index (χ0) is 22.8. The molecule has 0 unspecified atom stereocenters. The second-order valence-corrected chi connectivity index (χ2v) is 9.91. The highest BCUT2D eigenvalue weighted by atomic mass is 79.9. The molecule has 0 aliphatic rings. The zero-order valence-electron chi connectivity index (χ0n) is 18.2. The molecule has 0 aliphatic heterocycles. The highest BCUT2D eigenvalue weighted by molar-refractivity contribution is 9.10. The first kappa shape index (κ1) is 21.8. The Balaban J connectivity index is 1.86. The maximum atomic E-state index is 3.59. The van der Waals surface area contributed by atoms with Gasteiger partial charge in [0.15, 0.2) is 12.4 Å². The Kier molecular flexibility index (Phi) is 6.26. The number of halogens is 2. The van der Waals surface area contributed by atoms with Crippen LogP contribution in [0.3, 0.4) is 0 Å². The number of hydrogen-bond acceptors (Lipinski definition) is 0. The number of aromatic nitrogens is 1. The number of benzene rings is 4. The van der Waals surface area contributed by atoms with E-state index < -0.39 is 0 Å². The van der Waals surface area contributed by atoms with Crippen molar-refractivity contribution in [3.05, 3.63) is 124 Å². The van der Waals surface area contributed by atoms with Gasteiger partial charge in [-0.1, -0.05) is 86.5 Å². The summed E-state index contributed by atoms with van der Waals surface area (Å²) in [5.74, 6) is 0. The van der Waals surface area contributed by atoms with Gasteiger partial charge < -0.3 is 0 Å². The Morgan fingerprint density at radius 3 is 1.45 bits per heavy atom. The topological polar surface area (TPSA) is 3.88 Å². The van der Waals surface area contributed by atoms with E-state index in [1.807, 2.05) is 7.05 Å². The van der Waals surface area contributed by atoms with Crippen LogP contribution in [-0.2, 0) is 7.05 Å². The molecule has 0 N–H and O–H groups in total. The highest BCUT2D eigenvalue weighted by Gasteiger charge is 2.18. The van der Waals surface area contributed by atoms with E-state index in [1.165, 1.54) is 44.5 Å². The lowest BCUT2D eigenvalue weighted by atomic mass is 9.85. The molecule has 0 atom stereocenters. The summed E-state index contributed by atoms with van der Waals surface area (Å²) in [5.41, 5.74) is 9.67. The standard InChI is InChI=1S/C30H22Br2N/c1-33-17-15-24(16-18-33)30-28(22-7-11-26(31)12-8-22)19-25(21-5-3-2-4-6-21)20-29(30)23-9-13-27(32)14-10-23/h2-20H,1H3/q+1. The molecule has 0 radical (unpaired) electrons. The molecule has 3 heteroatoms. The van der Waals surface area contributed by atoms with E-state index in [0.717, 1.165) is 8.95 Å². The summed E-state index contributed by atoms with van der Waals surface area (Å²) in [5, 5.41) is 0. The van der Waals surface area contributed by atoms with Crippen molar-refractivity contribution in [2.75, 3.05) is 0 Å². The van der Waals surface area contributed by atoms with Crippen LogP contribution in [0.4, 0.5) is 0 Å². The van der Waals surface area contributed by atoms with E-state index in [4.69, 9.17) is 0 Å². The fourth-order valence-electron chi connectivity index (χ4n) is 4.13. The molecule has 1 aromatic heterocycles. The van der Waals surface area contributed by atoms with E-state index >= 15 is 0 Å². The van der Waals surface area contributed by atoms with Crippen LogP contribution in [-0.4, -0.2) is 0 Å². The molecule has 4 aromatic carbocycles. The second kappa shape index (κ2) is 9.46. The lowest BCUT2D eigenvalue weighted by molar-refractivity contribution is -0.671. The summed E-state index contributed by atoms with van der Waals surface area (Å²) < 4.78 is 4.22. The van der Waals surface area contributed by atoms with Gasteiger partial charge in [-0.3, -0.25) is 0 Å². The van der Waals surface area contributed by atoms with Crippen LogP contribution < -0.4 is 4.57 Å². The van der Waals surface area contributed by atoms with Gasteiger partial charge in [-0.05, 0) is 80.9 Å². The third-order valence-corrected chi connectivity index (χ3v) is 6.88. The number of nitrogens with zero attached hydrogens (tertiary/aromatic N) is 1. The quantitative estimate of drug-likeness (QED) is 0.195. The van der Waals surface area contributed by atoms with Crippen molar-refractivity contribution in [2.24, 2.45) is 7.05 Å². The zero-order valence-corrected chi connectivity index (χ0v) is 21.3. The first-order chi connectivity index (χ1) is 16.1. The van der Waals surface area contributed by atoms with Gasteiger partial charge in [-0.15, -0.1) is 0 Å². The predicted octanol–water partition coefficient (Wildman–Crippen LogP) is 8.70. The van der Waals surface area contributed by atoms with Crippen LogP contribution in [0.15, 0.2) is 124 Å². The van der Waals surface area contributed by atoms with Gasteiger partial charge in [0.25, 0.3) is 0 Å². The summed E-state index contributed by atoms with van der Waals surface area (Å²) >= 11 is 7.18. The fraction of sp³-hybridized carbons (Fsp3) is 0.0333. The van der Waals surface area contributed by atoms with Crippen LogP contribution in [0, 0.1) is 0 Å². The number of aryl methyl sites for hydroxylation is 1. The molecule has 5 rings (SSSR count). The minimum atomic E-state index is 1.08. The summed E-state index contributed by atoms with van der Waals surface area (Å²) in [7, 11) is 2.05. The molecule has 0 amide bonds. The number of rotatable bonds is 4. The minimum absolute atomic E-state index is 1.08. The lowest BCUT2D eigenvalue weighted by Gasteiger charge is -2.19. The molecular formula is C30H22Br2N+. The van der Waals surface area contributed by atoms with Crippen molar-refractivity contribution in [1.82, 2.24) is 0 Å². The van der Waals surface area contributed by atoms with Crippen LogP contribution >= 0.6 is 31.9 Å². The normalized spacial score (nSPS) is 10.9. The average molecular weight is 556 g/mol. The van der Waals surface area contributed by atoms with Crippen molar-refractivity contribution in [1.29, 1.82) is 0 Å². The Bertz CT molecular complexity index is 1320. The van der Waals surface area contributed by atoms with Crippen LogP contribution in [0.1, 0.15) is 0 Å². The average Bonchev–Trinajstić information content (AvgIpc) is 2.85. The van der Waals surface area contributed by atoms with E-state index in [1.54, 1.807) is 0 Å². The van der Waals surface area contributed by atoms with Gasteiger partial charge >= 0.3 is 0 Å². The molecule has 0 aliphatic carbocycles. The summed E-state index contributed by atoms with van der Waals surface area (Å²) in [6.45, 7) is 0. The Hall–Kier alpha value is -3.01. The summed E-state index contributed by atoms with van der Waals surface area (Å²) in [6.07, 6.45) is 4.22. The van der Waals surface area contributed by atoms with Crippen LogP contribution in [0.25, 0.3) is 44.5 Å². The molecule has 0 fully saturated rings. The molecule has 0 saturated carbocycles. The van der Waals surface area contributed by atoms with Gasteiger partial charge in [0, 0.05) is 21.1 Å². The highest BCUT2D eigenvalue weighted by Crippen LogP contribution is 2.43.